The van der Waals surface area contributed by atoms with E-state index in [1.807, 2.05) is 0 Å². The fourth-order valence-corrected chi connectivity index (χ4v) is 9.87. The number of allylic oxidation sites excluding steroid dienone is 2. The van der Waals surface area contributed by atoms with Gasteiger partial charge in [-0.05, 0) is 98.4 Å². The van der Waals surface area contributed by atoms with Gasteiger partial charge in [0.2, 0.25) is 5.91 Å². The van der Waals surface area contributed by atoms with E-state index in [2.05, 4.69) is 46.0 Å². The molecular weight excluding hydrogens is 498 g/mol. The van der Waals surface area contributed by atoms with Crippen LogP contribution in [0.5, 0.6) is 0 Å². The second-order valence-corrected chi connectivity index (χ2v) is 14.7. The summed E-state index contributed by atoms with van der Waals surface area (Å²) in [6.07, 6.45) is 16.9. The topological polar surface area (TPSA) is 64.6 Å². The molecule has 0 bridgehead atoms. The summed E-state index contributed by atoms with van der Waals surface area (Å²) in [6, 6.07) is 0. The Labute approximate surface area is 243 Å². The van der Waals surface area contributed by atoms with Crippen molar-refractivity contribution in [3.05, 3.63) is 23.0 Å². The van der Waals surface area contributed by atoms with Crippen LogP contribution in [0.25, 0.3) is 0 Å². The fourth-order valence-electron chi connectivity index (χ4n) is 9.87. The number of hydrogen-bond donors (Lipinski definition) is 1. The van der Waals surface area contributed by atoms with Crippen molar-refractivity contribution in [3.8, 4) is 0 Å². The van der Waals surface area contributed by atoms with Gasteiger partial charge in [-0.1, -0.05) is 52.2 Å². The van der Waals surface area contributed by atoms with Gasteiger partial charge in [-0.15, -0.1) is 0 Å². The average molecular weight is 554 g/mol. The summed E-state index contributed by atoms with van der Waals surface area (Å²) in [5.74, 6) is 4.51. The molecule has 0 spiro atoms. The molecule has 0 unspecified atom stereocenters. The highest BCUT2D eigenvalue weighted by Gasteiger charge is 2.63. The third-order valence-corrected chi connectivity index (χ3v) is 12.1. The summed E-state index contributed by atoms with van der Waals surface area (Å²) in [6.45, 7) is 14.2. The van der Waals surface area contributed by atoms with Gasteiger partial charge in [-0.2, -0.15) is 0 Å². The highest BCUT2D eigenvalue weighted by molar-refractivity contribution is 5.72. The molecule has 40 heavy (non-hydrogen) atoms. The van der Waals surface area contributed by atoms with Crippen molar-refractivity contribution >= 4 is 11.9 Å². The molecule has 0 saturated heterocycles. The zero-order valence-corrected chi connectivity index (χ0v) is 26.2. The molecule has 0 radical (unpaired) electrons. The SMILES string of the molecule is CCCCCC(=O)O[C@@H]1CC[C@@]2(C)C(=CC[C@H]3[C@H]4C[C@H]5OC(CC[C@@H](C)CNC(C)=O)=C(C)[C@@H]5[C@@]4(C)CC[C@@H]32)C1. The van der Waals surface area contributed by atoms with Crippen LogP contribution in [0.15, 0.2) is 23.0 Å². The number of carbonyl (C=O) groups is 2. The van der Waals surface area contributed by atoms with Crippen molar-refractivity contribution in [2.45, 2.75) is 137 Å². The molecule has 1 heterocycles. The Morgan fingerprint density at radius 3 is 2.73 bits per heavy atom. The second kappa shape index (κ2) is 11.8. The van der Waals surface area contributed by atoms with Gasteiger partial charge < -0.3 is 14.8 Å². The number of nitrogens with one attached hydrogen (secondary N) is 1. The van der Waals surface area contributed by atoms with E-state index in [0.717, 1.165) is 75.7 Å². The van der Waals surface area contributed by atoms with E-state index >= 15 is 0 Å². The van der Waals surface area contributed by atoms with Gasteiger partial charge >= 0.3 is 5.97 Å². The van der Waals surface area contributed by atoms with Crippen molar-refractivity contribution in [2.24, 2.45) is 40.4 Å². The first kappa shape index (κ1) is 29.7. The van der Waals surface area contributed by atoms with Gasteiger partial charge in [0, 0.05) is 38.6 Å². The molecule has 1 N–H and O–H groups in total. The molecule has 4 aliphatic carbocycles. The Hall–Kier alpha value is -1.78. The normalized spacial score (nSPS) is 38.8. The van der Waals surface area contributed by atoms with Crippen molar-refractivity contribution in [2.75, 3.05) is 6.54 Å². The van der Waals surface area contributed by atoms with E-state index in [1.165, 1.54) is 37.0 Å². The number of ether oxygens (including phenoxy) is 2. The van der Waals surface area contributed by atoms with Crippen molar-refractivity contribution in [1.29, 1.82) is 0 Å². The lowest BCUT2D eigenvalue weighted by Crippen LogP contribution is -2.50. The quantitative estimate of drug-likeness (QED) is 0.170. The minimum atomic E-state index is 0.00671. The molecule has 5 rings (SSSR count). The molecule has 224 valence electrons. The lowest BCUT2D eigenvalue weighted by molar-refractivity contribution is -0.151. The maximum Gasteiger partial charge on any atom is 0.306 e. The van der Waals surface area contributed by atoms with E-state index in [9.17, 15) is 9.59 Å². The van der Waals surface area contributed by atoms with Crippen molar-refractivity contribution < 1.29 is 19.1 Å². The van der Waals surface area contributed by atoms with Gasteiger partial charge in [0.05, 0.1) is 5.76 Å². The van der Waals surface area contributed by atoms with E-state index in [1.54, 1.807) is 12.5 Å². The van der Waals surface area contributed by atoms with Crippen LogP contribution in [-0.4, -0.2) is 30.6 Å². The van der Waals surface area contributed by atoms with E-state index in [0.29, 0.717) is 29.8 Å². The Morgan fingerprint density at radius 2 is 1.98 bits per heavy atom. The summed E-state index contributed by atoms with van der Waals surface area (Å²) >= 11 is 0. The first-order chi connectivity index (χ1) is 19.1. The molecule has 5 aliphatic rings. The molecule has 0 aromatic heterocycles. The Kier molecular flexibility index (Phi) is 8.79. The minimum absolute atomic E-state index is 0.00671. The monoisotopic (exact) mass is 553 g/mol. The standard InChI is InChI=1S/C35H55NO4/c1-7-8-9-10-32(38)39-26-15-17-34(5)25(19-26)12-13-27-28(34)16-18-35(6)29(27)20-31-33(35)23(3)30(40-31)14-11-22(2)21-36-24(4)37/h12,22,26-29,31,33H,7-11,13-21H2,1-6H3,(H,36,37)/t22-,26-,27-,28+,29-,31-,33+,34+,35+/m1/s1. The number of fused-ring (bicyclic) bond motifs is 7. The van der Waals surface area contributed by atoms with Gasteiger partial charge in [-0.25, -0.2) is 0 Å². The van der Waals surface area contributed by atoms with Crippen LogP contribution in [-0.2, 0) is 19.1 Å². The van der Waals surface area contributed by atoms with Crippen LogP contribution in [0.4, 0.5) is 0 Å². The lowest BCUT2D eigenvalue weighted by Gasteiger charge is -2.58. The molecule has 5 heteroatoms. The van der Waals surface area contributed by atoms with Crippen molar-refractivity contribution in [3.63, 3.8) is 0 Å². The zero-order chi connectivity index (χ0) is 28.7. The van der Waals surface area contributed by atoms with E-state index in [4.69, 9.17) is 9.47 Å². The highest BCUT2D eigenvalue weighted by Crippen LogP contribution is 2.69. The third kappa shape index (κ3) is 5.52. The number of unbranched alkanes of at least 4 members (excludes halogenated alkanes) is 2. The van der Waals surface area contributed by atoms with E-state index < -0.39 is 0 Å². The van der Waals surface area contributed by atoms with Crippen LogP contribution >= 0.6 is 0 Å². The number of hydrogen-bond acceptors (Lipinski definition) is 4. The van der Waals surface area contributed by atoms with Gasteiger partial charge in [0.15, 0.2) is 0 Å². The molecule has 9 atom stereocenters. The summed E-state index contributed by atoms with van der Waals surface area (Å²) < 4.78 is 12.7. The van der Waals surface area contributed by atoms with Gasteiger partial charge in [0.1, 0.15) is 12.2 Å². The average Bonchev–Trinajstić information content (AvgIpc) is 3.39. The molecule has 1 aliphatic heterocycles. The maximum absolute atomic E-state index is 12.4. The lowest BCUT2D eigenvalue weighted by atomic mass is 9.47. The minimum Gasteiger partial charge on any atom is -0.494 e. The maximum atomic E-state index is 12.4. The predicted molar refractivity (Wildman–Crippen MR) is 159 cm³/mol. The number of rotatable bonds is 10. The molecule has 0 aromatic carbocycles. The van der Waals surface area contributed by atoms with Crippen LogP contribution < -0.4 is 5.32 Å². The Bertz CT molecular complexity index is 1030. The zero-order valence-electron chi connectivity index (χ0n) is 26.2. The second-order valence-electron chi connectivity index (χ2n) is 14.7. The summed E-state index contributed by atoms with van der Waals surface area (Å²) in [7, 11) is 0. The highest BCUT2D eigenvalue weighted by atomic mass is 16.5. The van der Waals surface area contributed by atoms with Crippen LogP contribution in [0.2, 0.25) is 0 Å². The Morgan fingerprint density at radius 1 is 1.18 bits per heavy atom. The third-order valence-electron chi connectivity index (χ3n) is 12.1. The Balaban J connectivity index is 1.23. The smallest absolute Gasteiger partial charge is 0.306 e. The largest absolute Gasteiger partial charge is 0.494 e. The summed E-state index contributed by atoms with van der Waals surface area (Å²) in [5.41, 5.74) is 3.68. The molecule has 3 fully saturated rings. The van der Waals surface area contributed by atoms with Gasteiger partial charge in [-0.3, -0.25) is 9.59 Å². The van der Waals surface area contributed by atoms with E-state index in [-0.39, 0.29) is 23.4 Å². The molecular formula is C35H55NO4. The molecule has 3 saturated carbocycles. The predicted octanol–water partition coefficient (Wildman–Crippen LogP) is 7.89. The first-order valence-electron chi connectivity index (χ1n) is 16.6. The van der Waals surface area contributed by atoms with Crippen molar-refractivity contribution in [1.82, 2.24) is 5.32 Å². The van der Waals surface area contributed by atoms with Gasteiger partial charge in [0.25, 0.3) is 0 Å². The molecule has 5 nitrogen and oxygen atoms in total. The van der Waals surface area contributed by atoms with Crippen LogP contribution in [0, 0.1) is 40.4 Å². The summed E-state index contributed by atoms with van der Waals surface area (Å²) in [4.78, 5) is 23.7. The molecule has 1 amide bonds. The first-order valence-corrected chi connectivity index (χ1v) is 16.6. The van der Waals surface area contributed by atoms with Crippen LogP contribution in [0.1, 0.15) is 125 Å². The summed E-state index contributed by atoms with van der Waals surface area (Å²) in [5, 5.41) is 2.96. The molecule has 0 aromatic rings. The number of esters is 1. The number of amides is 1. The van der Waals surface area contributed by atoms with Crippen LogP contribution in [0.3, 0.4) is 0 Å². The fraction of sp³-hybridized carbons (Fsp3) is 0.829. The number of carbonyl (C=O) groups excluding carboxylic acids is 2.